The molecule has 0 aliphatic rings. The van der Waals surface area contributed by atoms with Crippen molar-refractivity contribution in [3.8, 4) is 0 Å². The minimum atomic E-state index is 0.114. The standard InChI is InChI=1S/C12H15N3O/c1-8-4-9-10(11(16)7-15(2)3)6-14-12(9)13-5-8/h4-6H,7H2,1-3H3,(H,13,14). The van der Waals surface area contributed by atoms with Gasteiger partial charge in [-0.3, -0.25) is 4.79 Å². The monoisotopic (exact) mass is 217 g/mol. The smallest absolute Gasteiger partial charge is 0.179 e. The summed E-state index contributed by atoms with van der Waals surface area (Å²) in [5, 5.41) is 0.909. The van der Waals surface area contributed by atoms with Gasteiger partial charge in [-0.2, -0.15) is 0 Å². The molecule has 0 aromatic carbocycles. The summed E-state index contributed by atoms with van der Waals surface area (Å²) in [6.07, 6.45) is 3.53. The number of ketones is 1. The van der Waals surface area contributed by atoms with E-state index in [-0.39, 0.29) is 5.78 Å². The van der Waals surface area contributed by atoms with Crippen molar-refractivity contribution in [1.29, 1.82) is 0 Å². The van der Waals surface area contributed by atoms with Crippen LogP contribution in [0, 0.1) is 6.92 Å². The molecular weight excluding hydrogens is 202 g/mol. The summed E-state index contributed by atoms with van der Waals surface area (Å²) in [6.45, 7) is 2.39. The van der Waals surface area contributed by atoms with Crippen LogP contribution >= 0.6 is 0 Å². The first-order valence-electron chi connectivity index (χ1n) is 5.19. The van der Waals surface area contributed by atoms with Crippen LogP contribution in [0.4, 0.5) is 0 Å². The van der Waals surface area contributed by atoms with E-state index in [9.17, 15) is 4.79 Å². The van der Waals surface area contributed by atoms with Crippen LogP contribution in [0.15, 0.2) is 18.5 Å². The summed E-state index contributed by atoms with van der Waals surface area (Å²) in [4.78, 5) is 21.1. The van der Waals surface area contributed by atoms with Gasteiger partial charge in [-0.25, -0.2) is 4.98 Å². The van der Waals surface area contributed by atoms with Crippen LogP contribution in [-0.4, -0.2) is 41.3 Å². The Kier molecular flexibility index (Phi) is 2.75. The molecule has 0 spiro atoms. The van der Waals surface area contributed by atoms with Crippen LogP contribution < -0.4 is 0 Å². The molecule has 0 atom stereocenters. The lowest BCUT2D eigenvalue weighted by Gasteiger charge is -2.07. The molecule has 2 aromatic heterocycles. The summed E-state index contributed by atoms with van der Waals surface area (Å²) in [6, 6.07) is 1.99. The molecule has 2 heterocycles. The van der Waals surface area contributed by atoms with Gasteiger partial charge in [0, 0.05) is 23.3 Å². The number of aryl methyl sites for hydroxylation is 1. The number of hydrogen-bond acceptors (Lipinski definition) is 3. The fourth-order valence-corrected chi connectivity index (χ4v) is 1.71. The molecule has 0 saturated heterocycles. The topological polar surface area (TPSA) is 49.0 Å². The number of rotatable bonds is 3. The van der Waals surface area contributed by atoms with Gasteiger partial charge in [0.25, 0.3) is 0 Å². The van der Waals surface area contributed by atoms with Gasteiger partial charge in [0.2, 0.25) is 0 Å². The molecule has 0 bridgehead atoms. The van der Waals surface area contributed by atoms with Crippen molar-refractivity contribution < 1.29 is 4.79 Å². The Balaban J connectivity index is 2.44. The van der Waals surface area contributed by atoms with Gasteiger partial charge in [-0.15, -0.1) is 0 Å². The van der Waals surface area contributed by atoms with Crippen molar-refractivity contribution in [3.05, 3.63) is 29.6 Å². The van der Waals surface area contributed by atoms with Gasteiger partial charge in [0.05, 0.1) is 6.54 Å². The number of Topliss-reactive ketones (excluding diaryl/α,β-unsaturated/α-hetero) is 1. The summed E-state index contributed by atoms with van der Waals surface area (Å²) in [7, 11) is 3.77. The molecule has 84 valence electrons. The SMILES string of the molecule is Cc1cnc2[nH]cc(C(=O)CN(C)C)c2c1. The molecule has 16 heavy (non-hydrogen) atoms. The Labute approximate surface area is 94.3 Å². The molecule has 1 N–H and O–H groups in total. The molecule has 4 nitrogen and oxygen atoms in total. The van der Waals surface area contributed by atoms with Gasteiger partial charge in [0.1, 0.15) is 5.65 Å². The molecule has 0 fully saturated rings. The maximum Gasteiger partial charge on any atom is 0.179 e. The number of hydrogen-bond donors (Lipinski definition) is 1. The molecule has 0 aliphatic heterocycles. The van der Waals surface area contributed by atoms with Crippen molar-refractivity contribution in [2.24, 2.45) is 0 Å². The fourth-order valence-electron chi connectivity index (χ4n) is 1.71. The van der Waals surface area contributed by atoms with Crippen LogP contribution in [-0.2, 0) is 0 Å². The molecule has 4 heteroatoms. The van der Waals surface area contributed by atoms with E-state index < -0.39 is 0 Å². The van der Waals surface area contributed by atoms with Gasteiger partial charge in [0.15, 0.2) is 5.78 Å². The van der Waals surface area contributed by atoms with Crippen molar-refractivity contribution in [1.82, 2.24) is 14.9 Å². The Bertz CT molecular complexity index is 528. The number of aromatic amines is 1. The molecule has 0 radical (unpaired) electrons. The maximum absolute atomic E-state index is 12.0. The second-order valence-electron chi connectivity index (χ2n) is 4.27. The lowest BCUT2D eigenvalue weighted by Crippen LogP contribution is -2.21. The maximum atomic E-state index is 12.0. The van der Waals surface area contributed by atoms with Crippen molar-refractivity contribution in [2.75, 3.05) is 20.6 Å². The first-order valence-corrected chi connectivity index (χ1v) is 5.19. The fraction of sp³-hybridized carbons (Fsp3) is 0.333. The number of nitrogens with one attached hydrogen (secondary N) is 1. The average molecular weight is 217 g/mol. The number of carbonyl (C=O) groups excluding carboxylic acids is 1. The van der Waals surface area contributed by atoms with Crippen molar-refractivity contribution >= 4 is 16.8 Å². The zero-order valence-corrected chi connectivity index (χ0v) is 9.74. The van der Waals surface area contributed by atoms with E-state index >= 15 is 0 Å². The number of likely N-dealkylation sites (N-methyl/N-ethyl adjacent to an activating group) is 1. The quantitative estimate of drug-likeness (QED) is 0.795. The third-order valence-corrected chi connectivity index (χ3v) is 2.43. The number of nitrogens with zero attached hydrogens (tertiary/aromatic N) is 2. The lowest BCUT2D eigenvalue weighted by atomic mass is 10.1. The van der Waals surface area contributed by atoms with Gasteiger partial charge < -0.3 is 9.88 Å². The predicted molar refractivity (Wildman–Crippen MR) is 63.7 cm³/mol. The van der Waals surface area contributed by atoms with Crippen LogP contribution in [0.3, 0.4) is 0 Å². The third kappa shape index (κ3) is 1.97. The second-order valence-corrected chi connectivity index (χ2v) is 4.27. The Morgan fingerprint density at radius 3 is 2.94 bits per heavy atom. The highest BCUT2D eigenvalue weighted by atomic mass is 16.1. The van der Waals surface area contributed by atoms with Crippen LogP contribution in [0.25, 0.3) is 11.0 Å². The number of pyridine rings is 1. The zero-order valence-electron chi connectivity index (χ0n) is 9.74. The number of carbonyl (C=O) groups is 1. The Morgan fingerprint density at radius 2 is 2.25 bits per heavy atom. The van der Waals surface area contributed by atoms with Crippen LogP contribution in [0.5, 0.6) is 0 Å². The highest BCUT2D eigenvalue weighted by Crippen LogP contribution is 2.18. The molecular formula is C12H15N3O. The van der Waals surface area contributed by atoms with Gasteiger partial charge in [-0.05, 0) is 32.6 Å². The van der Waals surface area contributed by atoms with E-state index in [0.29, 0.717) is 6.54 Å². The highest BCUT2D eigenvalue weighted by molar-refractivity contribution is 6.08. The van der Waals surface area contributed by atoms with E-state index in [2.05, 4.69) is 9.97 Å². The van der Waals surface area contributed by atoms with Crippen LogP contribution in [0.1, 0.15) is 15.9 Å². The van der Waals surface area contributed by atoms with Gasteiger partial charge in [-0.1, -0.05) is 0 Å². The Morgan fingerprint density at radius 1 is 1.50 bits per heavy atom. The largest absolute Gasteiger partial charge is 0.345 e. The minimum Gasteiger partial charge on any atom is -0.345 e. The van der Waals surface area contributed by atoms with Crippen molar-refractivity contribution in [3.63, 3.8) is 0 Å². The zero-order chi connectivity index (χ0) is 11.7. The molecule has 0 saturated carbocycles. The van der Waals surface area contributed by atoms with E-state index in [1.807, 2.05) is 32.0 Å². The first-order chi connectivity index (χ1) is 7.58. The molecule has 0 aliphatic carbocycles. The lowest BCUT2D eigenvalue weighted by molar-refractivity contribution is 0.0959. The normalized spacial score (nSPS) is 11.2. The summed E-state index contributed by atoms with van der Waals surface area (Å²) in [5.41, 5.74) is 2.55. The van der Waals surface area contributed by atoms with E-state index in [4.69, 9.17) is 0 Å². The summed E-state index contributed by atoms with van der Waals surface area (Å²) in [5.74, 6) is 0.114. The average Bonchev–Trinajstić information content (AvgIpc) is 2.59. The van der Waals surface area contributed by atoms with E-state index in [1.165, 1.54) is 0 Å². The molecule has 0 unspecified atom stereocenters. The number of H-pyrrole nitrogens is 1. The Hall–Kier alpha value is -1.68. The first kappa shape index (κ1) is 10.8. The van der Waals surface area contributed by atoms with Crippen LogP contribution in [0.2, 0.25) is 0 Å². The highest BCUT2D eigenvalue weighted by Gasteiger charge is 2.13. The summed E-state index contributed by atoms with van der Waals surface area (Å²) < 4.78 is 0. The molecule has 0 amide bonds. The number of aromatic nitrogens is 2. The van der Waals surface area contributed by atoms with E-state index in [0.717, 1.165) is 22.2 Å². The minimum absolute atomic E-state index is 0.114. The third-order valence-electron chi connectivity index (χ3n) is 2.43. The van der Waals surface area contributed by atoms with Crippen molar-refractivity contribution in [2.45, 2.75) is 6.92 Å². The summed E-state index contributed by atoms with van der Waals surface area (Å²) >= 11 is 0. The number of fused-ring (bicyclic) bond motifs is 1. The van der Waals surface area contributed by atoms with Gasteiger partial charge >= 0.3 is 0 Å². The molecule has 2 rings (SSSR count). The second kappa shape index (κ2) is 4.06. The van der Waals surface area contributed by atoms with E-state index in [1.54, 1.807) is 12.4 Å². The molecule has 2 aromatic rings. The predicted octanol–water partition coefficient (Wildman–Crippen LogP) is 1.62.